The molecule has 30 heavy (non-hydrogen) atoms. The average Bonchev–Trinajstić information content (AvgIpc) is 2.68. The predicted octanol–water partition coefficient (Wildman–Crippen LogP) is 3.53. The summed E-state index contributed by atoms with van der Waals surface area (Å²) in [7, 11) is -2.92. The van der Waals surface area contributed by atoms with E-state index in [9.17, 15) is 22.5 Å². The molecule has 0 amide bonds. The molecule has 160 valence electrons. The molecule has 0 aromatic heterocycles. The first-order chi connectivity index (χ1) is 14.3. The molecule has 2 aromatic carbocycles. The number of sulfone groups is 1. The van der Waals surface area contributed by atoms with E-state index in [2.05, 4.69) is 0 Å². The molecule has 3 rings (SSSR count). The van der Waals surface area contributed by atoms with E-state index in [-0.39, 0.29) is 35.8 Å². The Kier molecular flexibility index (Phi) is 7.65. The van der Waals surface area contributed by atoms with Gasteiger partial charge >= 0.3 is 0 Å². The van der Waals surface area contributed by atoms with E-state index in [1.807, 2.05) is 33.6 Å². The fourth-order valence-corrected chi connectivity index (χ4v) is 5.06. The summed E-state index contributed by atoms with van der Waals surface area (Å²) in [5, 5.41) is 9.58. The van der Waals surface area contributed by atoms with Crippen LogP contribution >= 0.6 is 22.6 Å². The van der Waals surface area contributed by atoms with E-state index in [0.717, 1.165) is 3.57 Å². The normalized spacial score (nSPS) is 16.2. The molecule has 0 radical (unpaired) electrons. The Morgan fingerprint density at radius 3 is 2.53 bits per heavy atom. The van der Waals surface area contributed by atoms with Crippen LogP contribution in [-0.2, 0) is 16.3 Å². The van der Waals surface area contributed by atoms with E-state index in [1.54, 1.807) is 12.1 Å². The number of nitriles is 1. The van der Waals surface area contributed by atoms with Crippen LogP contribution in [0.15, 0.2) is 30.3 Å². The maximum atomic E-state index is 14.2. The summed E-state index contributed by atoms with van der Waals surface area (Å²) in [4.78, 5) is 2.05. The number of rotatable bonds is 7. The smallest absolute Gasteiger partial charge is 0.152 e. The second-order valence-corrected chi connectivity index (χ2v) is 10.7. The predicted molar refractivity (Wildman–Crippen MR) is 118 cm³/mol. The Morgan fingerprint density at radius 1 is 1.13 bits per heavy atom. The zero-order valence-corrected chi connectivity index (χ0v) is 19.2. The van der Waals surface area contributed by atoms with Crippen LogP contribution < -0.4 is 4.74 Å². The first kappa shape index (κ1) is 22.9. The fraction of sp³-hybridized carbons (Fsp3) is 0.381. The topological polar surface area (TPSA) is 70.4 Å². The van der Waals surface area contributed by atoms with Crippen LogP contribution in [-0.4, -0.2) is 51.1 Å². The molecule has 1 fully saturated rings. The van der Waals surface area contributed by atoms with E-state index in [1.165, 1.54) is 18.2 Å². The molecule has 1 heterocycles. The molecule has 0 saturated carbocycles. The molecule has 0 atom stereocenters. The van der Waals surface area contributed by atoms with Gasteiger partial charge in [0.1, 0.15) is 23.5 Å². The average molecular weight is 546 g/mol. The minimum Gasteiger partial charge on any atom is -0.492 e. The third-order valence-electron chi connectivity index (χ3n) is 4.97. The molecular formula is C21H21F2IN2O3S. The monoisotopic (exact) mass is 546 g/mol. The molecule has 5 nitrogen and oxygen atoms in total. The SMILES string of the molecule is N#Cc1c(Cc2ccc(I)cc2F)cc(F)cc1OCCCN1CCS(=O)(=O)CC1. The first-order valence-corrected chi connectivity index (χ1v) is 12.4. The Bertz CT molecular complexity index is 1060. The lowest BCUT2D eigenvalue weighted by Gasteiger charge is -2.26. The highest BCUT2D eigenvalue weighted by atomic mass is 127. The van der Waals surface area contributed by atoms with Crippen molar-refractivity contribution in [2.75, 3.05) is 37.7 Å². The minimum absolute atomic E-state index is 0.0853. The van der Waals surface area contributed by atoms with Crippen LogP contribution in [0.2, 0.25) is 0 Å². The zero-order chi connectivity index (χ0) is 21.7. The minimum atomic E-state index is -2.92. The maximum absolute atomic E-state index is 14.2. The van der Waals surface area contributed by atoms with Crippen molar-refractivity contribution in [3.05, 3.63) is 62.2 Å². The van der Waals surface area contributed by atoms with Gasteiger partial charge in [-0.1, -0.05) is 6.07 Å². The van der Waals surface area contributed by atoms with Crippen molar-refractivity contribution in [1.82, 2.24) is 4.90 Å². The summed E-state index contributed by atoms with van der Waals surface area (Å²) in [6.07, 6.45) is 0.699. The van der Waals surface area contributed by atoms with Gasteiger partial charge in [-0.05, 0) is 58.3 Å². The summed E-state index contributed by atoms with van der Waals surface area (Å²) in [5.74, 6) is -0.490. The summed E-state index contributed by atoms with van der Waals surface area (Å²) in [5.41, 5.74) is 0.941. The van der Waals surface area contributed by atoms with Crippen molar-refractivity contribution in [2.45, 2.75) is 12.8 Å². The van der Waals surface area contributed by atoms with Crippen LogP contribution in [0.1, 0.15) is 23.1 Å². The molecule has 0 bridgehead atoms. The number of hydrogen-bond acceptors (Lipinski definition) is 5. The van der Waals surface area contributed by atoms with Crippen LogP contribution in [0.3, 0.4) is 0 Å². The highest BCUT2D eigenvalue weighted by molar-refractivity contribution is 14.1. The summed E-state index contributed by atoms with van der Waals surface area (Å²) < 4.78 is 57.7. The van der Waals surface area contributed by atoms with Crippen molar-refractivity contribution in [3.63, 3.8) is 0 Å². The van der Waals surface area contributed by atoms with Crippen LogP contribution in [0.5, 0.6) is 5.75 Å². The number of benzene rings is 2. The van der Waals surface area contributed by atoms with Crippen molar-refractivity contribution in [1.29, 1.82) is 5.26 Å². The van der Waals surface area contributed by atoms with Crippen LogP contribution in [0.25, 0.3) is 0 Å². The molecule has 0 spiro atoms. The highest BCUT2D eigenvalue weighted by Crippen LogP contribution is 2.27. The Labute approximate surface area is 188 Å². The third kappa shape index (κ3) is 6.12. The largest absolute Gasteiger partial charge is 0.492 e. The van der Waals surface area contributed by atoms with Gasteiger partial charge in [0.25, 0.3) is 0 Å². The van der Waals surface area contributed by atoms with Gasteiger partial charge in [-0.3, -0.25) is 0 Å². The van der Waals surface area contributed by atoms with E-state index in [4.69, 9.17) is 4.74 Å². The number of halogens is 3. The number of hydrogen-bond donors (Lipinski definition) is 0. The van der Waals surface area contributed by atoms with Crippen molar-refractivity contribution < 1.29 is 21.9 Å². The van der Waals surface area contributed by atoms with Gasteiger partial charge in [-0.2, -0.15) is 5.26 Å². The quantitative estimate of drug-likeness (QED) is 0.393. The maximum Gasteiger partial charge on any atom is 0.152 e. The molecular weight excluding hydrogens is 525 g/mol. The standard InChI is InChI=1S/C21H21F2IN2O3S/c22-17-11-16(10-15-2-3-18(24)13-20(15)23)19(14-25)21(12-17)29-7-1-4-26-5-8-30(27,28)9-6-26/h2-3,11-13H,1,4-10H2. The van der Waals surface area contributed by atoms with Crippen LogP contribution in [0, 0.1) is 26.5 Å². The third-order valence-corrected chi connectivity index (χ3v) is 7.25. The van der Waals surface area contributed by atoms with Gasteiger partial charge in [0.2, 0.25) is 0 Å². The number of ether oxygens (including phenoxy) is 1. The lowest BCUT2D eigenvalue weighted by molar-refractivity contribution is 0.245. The zero-order valence-electron chi connectivity index (χ0n) is 16.2. The molecule has 0 N–H and O–H groups in total. The lowest BCUT2D eigenvalue weighted by Crippen LogP contribution is -2.40. The first-order valence-electron chi connectivity index (χ1n) is 9.49. The highest BCUT2D eigenvalue weighted by Gasteiger charge is 2.21. The molecule has 0 aliphatic carbocycles. The summed E-state index contributed by atoms with van der Waals surface area (Å²) >= 11 is 2.01. The molecule has 0 unspecified atom stereocenters. The van der Waals surface area contributed by atoms with Crippen LogP contribution in [0.4, 0.5) is 8.78 Å². The summed E-state index contributed by atoms with van der Waals surface area (Å²) in [6.45, 7) is 1.92. The van der Waals surface area contributed by atoms with Gasteiger partial charge in [-0.15, -0.1) is 0 Å². The second-order valence-electron chi connectivity index (χ2n) is 7.16. The number of nitrogens with zero attached hydrogens (tertiary/aromatic N) is 2. The molecule has 9 heteroatoms. The van der Waals surface area contributed by atoms with Crippen molar-refractivity contribution in [3.8, 4) is 11.8 Å². The van der Waals surface area contributed by atoms with Gasteiger partial charge in [-0.25, -0.2) is 17.2 Å². The Balaban J connectivity index is 1.64. The lowest BCUT2D eigenvalue weighted by atomic mass is 9.99. The fourth-order valence-electron chi connectivity index (χ4n) is 3.33. The Morgan fingerprint density at radius 2 is 1.87 bits per heavy atom. The molecule has 1 aliphatic heterocycles. The van der Waals surface area contributed by atoms with Gasteiger partial charge in [0.15, 0.2) is 9.84 Å². The van der Waals surface area contributed by atoms with Gasteiger partial charge < -0.3 is 9.64 Å². The molecule has 2 aromatic rings. The Hall–Kier alpha value is -1.77. The molecule has 1 aliphatic rings. The van der Waals surface area contributed by atoms with Crippen molar-refractivity contribution >= 4 is 32.4 Å². The van der Waals surface area contributed by atoms with Gasteiger partial charge in [0.05, 0.1) is 23.7 Å². The van der Waals surface area contributed by atoms with Crippen molar-refractivity contribution in [2.24, 2.45) is 0 Å². The molecule has 1 saturated heterocycles. The van der Waals surface area contributed by atoms with E-state index in [0.29, 0.717) is 37.2 Å². The van der Waals surface area contributed by atoms with E-state index >= 15 is 0 Å². The van der Waals surface area contributed by atoms with Gasteiger partial charge in [0, 0.05) is 35.7 Å². The summed E-state index contributed by atoms with van der Waals surface area (Å²) in [6, 6.07) is 9.23. The second kappa shape index (κ2) is 10.0. The van der Waals surface area contributed by atoms with E-state index < -0.39 is 21.5 Å².